The van der Waals surface area contributed by atoms with Crippen LogP contribution in [0, 0.1) is 0 Å². The molecule has 1 fully saturated rings. The first-order valence-corrected chi connectivity index (χ1v) is 5.09. The fraction of sp³-hybridized carbons (Fsp3) is 0.889. The van der Waals surface area contributed by atoms with Crippen molar-refractivity contribution in [3.8, 4) is 0 Å². The second-order valence-electron chi connectivity index (χ2n) is 4.05. The van der Waals surface area contributed by atoms with Gasteiger partial charge in [-0.15, -0.1) is 0 Å². The molecule has 7 heteroatoms. The van der Waals surface area contributed by atoms with Crippen LogP contribution in [0.25, 0.3) is 0 Å². The molecule has 3 N–H and O–H groups in total. The van der Waals surface area contributed by atoms with Crippen LogP contribution in [-0.4, -0.2) is 47.3 Å². The van der Waals surface area contributed by atoms with E-state index in [2.05, 4.69) is 0 Å². The maximum Gasteiger partial charge on any atom is 0.401 e. The van der Waals surface area contributed by atoms with Gasteiger partial charge in [0.15, 0.2) is 0 Å². The number of carboxylic acids is 1. The summed E-state index contributed by atoms with van der Waals surface area (Å²) in [5.41, 5.74) is 5.24. The Morgan fingerprint density at radius 3 is 2.44 bits per heavy atom. The molecule has 0 heterocycles. The molecule has 1 unspecified atom stereocenters. The van der Waals surface area contributed by atoms with Crippen molar-refractivity contribution >= 4 is 5.97 Å². The fourth-order valence-electron chi connectivity index (χ4n) is 1.49. The van der Waals surface area contributed by atoms with Gasteiger partial charge < -0.3 is 10.8 Å². The van der Waals surface area contributed by atoms with E-state index >= 15 is 0 Å². The van der Waals surface area contributed by atoms with Crippen LogP contribution >= 0.6 is 0 Å². The largest absolute Gasteiger partial charge is 0.480 e. The highest BCUT2D eigenvalue weighted by atomic mass is 19.4. The van der Waals surface area contributed by atoms with Crippen LogP contribution in [0.5, 0.6) is 0 Å². The van der Waals surface area contributed by atoms with E-state index in [0.717, 1.165) is 12.8 Å². The third-order valence-corrected chi connectivity index (χ3v) is 2.49. The maximum absolute atomic E-state index is 12.2. The summed E-state index contributed by atoms with van der Waals surface area (Å²) in [4.78, 5) is 11.7. The molecular weight excluding hydrogens is 225 g/mol. The summed E-state index contributed by atoms with van der Waals surface area (Å²) in [6.07, 6.45) is -2.70. The van der Waals surface area contributed by atoms with E-state index in [1.165, 1.54) is 4.90 Å². The van der Waals surface area contributed by atoms with Crippen molar-refractivity contribution in [2.75, 3.05) is 13.1 Å². The molecule has 0 amide bonds. The van der Waals surface area contributed by atoms with Crippen molar-refractivity contribution in [3.05, 3.63) is 0 Å². The van der Waals surface area contributed by atoms with Crippen LogP contribution in [0.4, 0.5) is 13.2 Å². The van der Waals surface area contributed by atoms with Crippen LogP contribution in [-0.2, 0) is 4.79 Å². The van der Waals surface area contributed by atoms with Gasteiger partial charge in [0.05, 0.1) is 6.54 Å². The zero-order valence-electron chi connectivity index (χ0n) is 8.70. The Morgan fingerprint density at radius 2 is 2.06 bits per heavy atom. The number of hydrogen-bond acceptors (Lipinski definition) is 3. The minimum atomic E-state index is -4.24. The molecule has 4 nitrogen and oxygen atoms in total. The highest BCUT2D eigenvalue weighted by Gasteiger charge is 2.37. The zero-order valence-corrected chi connectivity index (χ0v) is 8.70. The predicted molar refractivity (Wildman–Crippen MR) is 50.9 cm³/mol. The van der Waals surface area contributed by atoms with E-state index in [1.54, 1.807) is 0 Å². The number of hydrogen-bond donors (Lipinski definition) is 2. The molecular formula is C9H15F3N2O2. The smallest absolute Gasteiger partial charge is 0.401 e. The molecule has 1 aliphatic carbocycles. The normalized spacial score (nSPS) is 18.8. The number of carbonyl (C=O) groups is 1. The average molecular weight is 240 g/mol. The third kappa shape index (κ3) is 4.80. The number of aliphatic carboxylic acids is 1. The summed E-state index contributed by atoms with van der Waals surface area (Å²) in [7, 11) is 0. The summed E-state index contributed by atoms with van der Waals surface area (Å²) in [5.74, 6) is -1.18. The van der Waals surface area contributed by atoms with Crippen LogP contribution in [0.1, 0.15) is 19.3 Å². The van der Waals surface area contributed by atoms with Gasteiger partial charge in [0.25, 0.3) is 0 Å². The second-order valence-corrected chi connectivity index (χ2v) is 4.05. The summed E-state index contributed by atoms with van der Waals surface area (Å²) < 4.78 is 36.6. The lowest BCUT2D eigenvalue weighted by Crippen LogP contribution is -2.40. The van der Waals surface area contributed by atoms with Gasteiger partial charge in [0, 0.05) is 12.6 Å². The molecule has 1 atom stereocenters. The van der Waals surface area contributed by atoms with E-state index in [4.69, 9.17) is 10.8 Å². The van der Waals surface area contributed by atoms with Crippen LogP contribution < -0.4 is 5.73 Å². The van der Waals surface area contributed by atoms with E-state index in [9.17, 15) is 18.0 Å². The monoisotopic (exact) mass is 240 g/mol. The number of nitrogens with zero attached hydrogens (tertiary/aromatic N) is 1. The number of carboxylic acid groups (broad SMARTS) is 1. The van der Waals surface area contributed by atoms with E-state index in [1.807, 2.05) is 0 Å². The Hall–Kier alpha value is -0.820. The highest BCUT2D eigenvalue weighted by molar-refractivity contribution is 5.72. The first-order valence-electron chi connectivity index (χ1n) is 5.09. The maximum atomic E-state index is 12.2. The van der Waals surface area contributed by atoms with Gasteiger partial charge in [0.2, 0.25) is 0 Å². The van der Waals surface area contributed by atoms with Crippen molar-refractivity contribution in [2.45, 2.75) is 37.5 Å². The van der Waals surface area contributed by atoms with Crippen molar-refractivity contribution in [3.63, 3.8) is 0 Å². The number of nitrogens with two attached hydrogens (primary N) is 1. The van der Waals surface area contributed by atoms with Gasteiger partial charge in [0.1, 0.15) is 6.04 Å². The highest BCUT2D eigenvalue weighted by Crippen LogP contribution is 2.30. The van der Waals surface area contributed by atoms with E-state index in [-0.39, 0.29) is 19.0 Å². The molecule has 0 saturated heterocycles. The molecule has 94 valence electrons. The van der Waals surface area contributed by atoms with E-state index in [0.29, 0.717) is 0 Å². The molecule has 0 aromatic rings. The molecule has 1 aliphatic rings. The number of halogens is 3. The van der Waals surface area contributed by atoms with Gasteiger partial charge in [-0.05, 0) is 19.3 Å². The van der Waals surface area contributed by atoms with Gasteiger partial charge in [-0.25, -0.2) is 0 Å². The summed E-state index contributed by atoms with van der Waals surface area (Å²) in [6, 6.07) is -1.14. The van der Waals surface area contributed by atoms with Crippen LogP contribution in [0.3, 0.4) is 0 Å². The molecule has 0 aromatic heterocycles. The topological polar surface area (TPSA) is 66.6 Å². The minimum Gasteiger partial charge on any atom is -0.480 e. The Morgan fingerprint density at radius 1 is 1.50 bits per heavy atom. The quantitative estimate of drug-likeness (QED) is 0.721. The molecule has 0 aliphatic heterocycles. The minimum absolute atomic E-state index is 0.0436. The first-order chi connectivity index (χ1) is 7.29. The average Bonchev–Trinajstić information content (AvgIpc) is 2.92. The fourth-order valence-corrected chi connectivity index (χ4v) is 1.49. The predicted octanol–water partition coefficient (Wildman–Crippen LogP) is 0.815. The molecule has 1 rings (SSSR count). The molecule has 0 spiro atoms. The molecule has 0 bridgehead atoms. The molecule has 0 aromatic carbocycles. The van der Waals surface area contributed by atoms with Gasteiger partial charge in [-0.2, -0.15) is 13.2 Å². The van der Waals surface area contributed by atoms with Crippen molar-refractivity contribution < 1.29 is 23.1 Å². The summed E-state index contributed by atoms with van der Waals surface area (Å²) in [5, 5.41) is 8.52. The number of alkyl halides is 3. The Balaban J connectivity index is 2.37. The third-order valence-electron chi connectivity index (χ3n) is 2.49. The first kappa shape index (κ1) is 13.2. The van der Waals surface area contributed by atoms with Crippen molar-refractivity contribution in [2.24, 2.45) is 5.73 Å². The lowest BCUT2D eigenvalue weighted by Gasteiger charge is -2.23. The lowest BCUT2D eigenvalue weighted by atomic mass is 10.2. The Labute approximate surface area is 91.2 Å². The Bertz CT molecular complexity index is 254. The van der Waals surface area contributed by atoms with E-state index < -0.39 is 24.7 Å². The number of rotatable bonds is 6. The van der Waals surface area contributed by atoms with Crippen LogP contribution in [0.2, 0.25) is 0 Å². The Kier molecular flexibility index (Phi) is 4.15. The molecule has 16 heavy (non-hydrogen) atoms. The zero-order chi connectivity index (χ0) is 12.3. The van der Waals surface area contributed by atoms with Crippen LogP contribution in [0.15, 0.2) is 0 Å². The van der Waals surface area contributed by atoms with Gasteiger partial charge in [-0.3, -0.25) is 9.69 Å². The van der Waals surface area contributed by atoms with Gasteiger partial charge in [-0.1, -0.05) is 0 Å². The van der Waals surface area contributed by atoms with Crippen molar-refractivity contribution in [1.82, 2.24) is 4.90 Å². The lowest BCUT2D eigenvalue weighted by molar-refractivity contribution is -0.147. The van der Waals surface area contributed by atoms with Gasteiger partial charge >= 0.3 is 12.1 Å². The van der Waals surface area contributed by atoms with Crippen molar-refractivity contribution in [1.29, 1.82) is 0 Å². The second kappa shape index (κ2) is 5.01. The molecule has 1 saturated carbocycles. The summed E-state index contributed by atoms with van der Waals surface area (Å²) in [6.45, 7) is -0.901. The SMILES string of the molecule is NC(CCN(CC(F)(F)F)C1CC1)C(=O)O. The molecule has 0 radical (unpaired) electrons. The standard InChI is InChI=1S/C9H15F3N2O2/c10-9(11,12)5-14(6-1-2-6)4-3-7(13)8(15)16/h6-7H,1-5,13H2,(H,15,16). The summed E-state index contributed by atoms with van der Waals surface area (Å²) >= 11 is 0.